The van der Waals surface area contributed by atoms with Crippen LogP contribution in [-0.2, 0) is 11.3 Å². The lowest BCUT2D eigenvalue weighted by molar-refractivity contribution is 0.539. The molecular formula is C8H11N4O2S-. The molecule has 0 aliphatic carbocycles. The molecule has 0 spiro atoms. The molecule has 1 atom stereocenters. The second-order valence-corrected chi connectivity index (χ2v) is 3.39. The van der Waals surface area contributed by atoms with Gasteiger partial charge in [0.05, 0.1) is 11.4 Å². The third-order valence-electron chi connectivity index (χ3n) is 1.80. The molecule has 3 N–H and O–H groups in total. The van der Waals surface area contributed by atoms with Gasteiger partial charge in [0.15, 0.2) is 5.65 Å². The van der Waals surface area contributed by atoms with Crippen molar-refractivity contribution in [3.05, 3.63) is 23.7 Å². The number of aryl methyl sites for hydroxylation is 2. The fourth-order valence-electron chi connectivity index (χ4n) is 1.04. The minimum atomic E-state index is -2.36. The molecule has 2 aromatic rings. The second kappa shape index (κ2) is 4.96. The topological polar surface area (TPSA) is 108 Å². The van der Waals surface area contributed by atoms with Gasteiger partial charge in [-0.2, -0.15) is 0 Å². The van der Waals surface area contributed by atoms with Crippen molar-refractivity contribution >= 4 is 22.4 Å². The van der Waals surface area contributed by atoms with E-state index in [0.717, 1.165) is 22.6 Å². The standard InChI is InChI=1S/C8H9N3.H3NO2S/c1-5-6(2)11-8-7(10-5)3-4-9-8;1-4(2)3/h3-4H,1-2H3,(H,9,11);1H2,(H,2,3)/p-1. The van der Waals surface area contributed by atoms with Gasteiger partial charge in [-0.25, -0.2) is 9.97 Å². The number of nitrogens with zero attached hydrogens (tertiary/aromatic N) is 2. The van der Waals surface area contributed by atoms with Crippen LogP contribution in [0.5, 0.6) is 0 Å². The molecule has 0 fully saturated rings. The predicted octanol–water partition coefficient (Wildman–Crippen LogP) is 0.314. The summed E-state index contributed by atoms with van der Waals surface area (Å²) in [6.07, 6.45) is 1.85. The summed E-state index contributed by atoms with van der Waals surface area (Å²) in [6.45, 7) is 3.93. The van der Waals surface area contributed by atoms with E-state index in [9.17, 15) is 0 Å². The van der Waals surface area contributed by atoms with Crippen molar-refractivity contribution in [3.8, 4) is 0 Å². The molecule has 0 saturated heterocycles. The Hall–Kier alpha value is -1.31. The summed E-state index contributed by atoms with van der Waals surface area (Å²) < 4.78 is 17.6. The molecule has 7 heteroatoms. The molecule has 0 radical (unpaired) electrons. The van der Waals surface area contributed by atoms with Gasteiger partial charge in [-0.3, -0.25) is 9.35 Å². The average molecular weight is 227 g/mol. The first kappa shape index (κ1) is 11.8. The highest BCUT2D eigenvalue weighted by atomic mass is 32.2. The zero-order valence-electron chi connectivity index (χ0n) is 8.35. The van der Waals surface area contributed by atoms with Crippen LogP contribution in [0.25, 0.3) is 11.2 Å². The molecule has 0 bridgehead atoms. The molecule has 0 aliphatic rings. The molecule has 2 rings (SSSR count). The van der Waals surface area contributed by atoms with Crippen molar-refractivity contribution in [2.24, 2.45) is 5.14 Å². The van der Waals surface area contributed by atoms with Crippen LogP contribution in [0.15, 0.2) is 12.3 Å². The van der Waals surface area contributed by atoms with E-state index in [4.69, 9.17) is 8.76 Å². The van der Waals surface area contributed by atoms with Crippen LogP contribution < -0.4 is 5.14 Å². The Balaban J connectivity index is 0.000000245. The van der Waals surface area contributed by atoms with E-state index in [-0.39, 0.29) is 0 Å². The number of fused-ring (bicyclic) bond motifs is 1. The number of nitrogens with one attached hydrogen (secondary N) is 1. The lowest BCUT2D eigenvalue weighted by Gasteiger charge is -1.96. The van der Waals surface area contributed by atoms with Crippen molar-refractivity contribution < 1.29 is 8.76 Å². The maximum Gasteiger partial charge on any atom is 0.156 e. The monoisotopic (exact) mass is 227 g/mol. The predicted molar refractivity (Wildman–Crippen MR) is 56.5 cm³/mol. The lowest BCUT2D eigenvalue weighted by Crippen LogP contribution is -1.97. The van der Waals surface area contributed by atoms with Crippen LogP contribution in [0.4, 0.5) is 0 Å². The summed E-state index contributed by atoms with van der Waals surface area (Å²) in [5, 5.41) is 4.03. The fraction of sp³-hybridized carbons (Fsp3) is 0.250. The first-order chi connectivity index (χ1) is 7.00. The number of hydrogen-bond acceptors (Lipinski definition) is 4. The fourth-order valence-corrected chi connectivity index (χ4v) is 1.04. The molecule has 0 aromatic carbocycles. The van der Waals surface area contributed by atoms with Crippen molar-refractivity contribution in [2.75, 3.05) is 0 Å². The minimum absolute atomic E-state index is 0.869. The largest absolute Gasteiger partial charge is 0.760 e. The Bertz CT molecular complexity index is 442. The molecule has 2 aromatic heterocycles. The average Bonchev–Trinajstić information content (AvgIpc) is 2.51. The summed E-state index contributed by atoms with van der Waals surface area (Å²) in [5.74, 6) is 0. The zero-order valence-corrected chi connectivity index (χ0v) is 9.17. The molecule has 2 heterocycles. The summed E-state index contributed by atoms with van der Waals surface area (Å²) in [5.41, 5.74) is 3.79. The lowest BCUT2D eigenvalue weighted by atomic mass is 10.3. The van der Waals surface area contributed by atoms with Crippen molar-refractivity contribution in [1.29, 1.82) is 0 Å². The molecule has 0 amide bonds. The molecule has 0 saturated carbocycles. The quantitative estimate of drug-likeness (QED) is 0.631. The third-order valence-corrected chi connectivity index (χ3v) is 1.80. The molecule has 1 unspecified atom stereocenters. The summed E-state index contributed by atoms with van der Waals surface area (Å²) in [7, 11) is 0. The second-order valence-electron chi connectivity index (χ2n) is 2.87. The van der Waals surface area contributed by atoms with Gasteiger partial charge in [0.1, 0.15) is 5.52 Å². The van der Waals surface area contributed by atoms with Gasteiger partial charge in [0, 0.05) is 17.5 Å². The smallest absolute Gasteiger partial charge is 0.156 e. The van der Waals surface area contributed by atoms with Gasteiger partial charge in [-0.05, 0) is 19.9 Å². The van der Waals surface area contributed by atoms with Gasteiger partial charge in [0.25, 0.3) is 0 Å². The van der Waals surface area contributed by atoms with Crippen molar-refractivity contribution in [3.63, 3.8) is 0 Å². The first-order valence-corrected chi connectivity index (χ1v) is 5.26. The SMILES string of the molecule is Cc1nc2cc[nH]c2nc1C.NS(=O)[O-]. The highest BCUT2D eigenvalue weighted by molar-refractivity contribution is 7.76. The minimum Gasteiger partial charge on any atom is -0.760 e. The first-order valence-electron chi connectivity index (χ1n) is 4.12. The Morgan fingerprint density at radius 2 is 1.93 bits per heavy atom. The van der Waals surface area contributed by atoms with Crippen LogP contribution in [0.3, 0.4) is 0 Å². The maximum absolute atomic E-state index is 8.78. The van der Waals surface area contributed by atoms with E-state index in [0.29, 0.717) is 0 Å². The Kier molecular flexibility index (Phi) is 3.89. The zero-order chi connectivity index (χ0) is 11.4. The highest BCUT2D eigenvalue weighted by Gasteiger charge is 1.99. The third kappa shape index (κ3) is 3.39. The summed E-state index contributed by atoms with van der Waals surface area (Å²) >= 11 is -2.36. The summed E-state index contributed by atoms with van der Waals surface area (Å²) in [4.78, 5) is 11.7. The number of aromatic amines is 1. The van der Waals surface area contributed by atoms with Gasteiger partial charge in [-0.1, -0.05) is 0 Å². The number of nitrogens with two attached hydrogens (primary N) is 1. The molecule has 0 aliphatic heterocycles. The van der Waals surface area contributed by atoms with E-state index < -0.39 is 11.3 Å². The van der Waals surface area contributed by atoms with Gasteiger partial charge >= 0.3 is 0 Å². The molecular weight excluding hydrogens is 216 g/mol. The molecule has 6 nitrogen and oxygen atoms in total. The number of aromatic nitrogens is 3. The number of hydrogen-bond donors (Lipinski definition) is 2. The van der Waals surface area contributed by atoms with Crippen LogP contribution in [0, 0.1) is 13.8 Å². The number of H-pyrrole nitrogens is 1. The van der Waals surface area contributed by atoms with E-state index in [1.807, 2.05) is 26.1 Å². The van der Waals surface area contributed by atoms with Crippen LogP contribution >= 0.6 is 0 Å². The number of rotatable bonds is 0. The Morgan fingerprint density at radius 3 is 2.53 bits per heavy atom. The van der Waals surface area contributed by atoms with Crippen LogP contribution in [-0.4, -0.2) is 23.7 Å². The van der Waals surface area contributed by atoms with Crippen molar-refractivity contribution in [2.45, 2.75) is 13.8 Å². The van der Waals surface area contributed by atoms with Gasteiger partial charge in [0.2, 0.25) is 0 Å². The molecule has 82 valence electrons. The van der Waals surface area contributed by atoms with Crippen LogP contribution in [0.1, 0.15) is 11.4 Å². The van der Waals surface area contributed by atoms with E-state index in [1.165, 1.54) is 0 Å². The molecule has 15 heavy (non-hydrogen) atoms. The van der Waals surface area contributed by atoms with Gasteiger partial charge in [-0.15, -0.1) is 0 Å². The van der Waals surface area contributed by atoms with E-state index in [2.05, 4.69) is 20.1 Å². The van der Waals surface area contributed by atoms with E-state index in [1.54, 1.807) is 0 Å². The van der Waals surface area contributed by atoms with Gasteiger partial charge < -0.3 is 9.54 Å². The normalized spacial score (nSPS) is 12.0. The van der Waals surface area contributed by atoms with E-state index >= 15 is 0 Å². The van der Waals surface area contributed by atoms with Crippen LogP contribution in [0.2, 0.25) is 0 Å². The highest BCUT2D eigenvalue weighted by Crippen LogP contribution is 2.08. The Labute approximate surface area is 89.3 Å². The van der Waals surface area contributed by atoms with Crippen molar-refractivity contribution in [1.82, 2.24) is 15.0 Å². The maximum atomic E-state index is 8.78. The Morgan fingerprint density at radius 1 is 1.40 bits per heavy atom. The summed E-state index contributed by atoms with van der Waals surface area (Å²) in [6, 6.07) is 1.93.